The molecule has 27 heavy (non-hydrogen) atoms. The quantitative estimate of drug-likeness (QED) is 0.578. The van der Waals surface area contributed by atoms with Crippen LogP contribution in [0.5, 0.6) is 11.5 Å². The number of thioether (sulfide) groups is 1. The topological polar surface area (TPSA) is 55.8 Å². The molecule has 2 aromatic carbocycles. The van der Waals surface area contributed by atoms with E-state index in [9.17, 15) is 9.59 Å². The lowest BCUT2D eigenvalue weighted by Crippen LogP contribution is -2.23. The maximum Gasteiger partial charge on any atom is 0.227 e. The molecule has 2 aromatic rings. The first-order chi connectivity index (χ1) is 13.2. The average molecular weight is 383 g/mol. The minimum absolute atomic E-state index is 0.0615. The summed E-state index contributed by atoms with van der Waals surface area (Å²) >= 11 is 1.48. The van der Waals surface area contributed by atoms with E-state index >= 15 is 0 Å². The molecule has 1 fully saturated rings. The van der Waals surface area contributed by atoms with E-state index in [1.807, 2.05) is 30.3 Å². The van der Waals surface area contributed by atoms with Gasteiger partial charge in [0.1, 0.15) is 0 Å². The first-order valence-electron chi connectivity index (χ1n) is 9.17. The Morgan fingerprint density at radius 2 is 1.78 bits per heavy atom. The molecule has 0 aliphatic carbocycles. The number of ether oxygens (including phenoxy) is 2. The minimum Gasteiger partial charge on any atom is -0.490 e. The number of hydrogen-bond acceptors (Lipinski definition) is 5. The highest BCUT2D eigenvalue weighted by Crippen LogP contribution is 2.34. The first kappa shape index (κ1) is 17.9. The Morgan fingerprint density at radius 3 is 2.52 bits per heavy atom. The van der Waals surface area contributed by atoms with Gasteiger partial charge in [-0.15, -0.1) is 11.8 Å². The Balaban J connectivity index is 1.38. The van der Waals surface area contributed by atoms with E-state index in [0.29, 0.717) is 31.0 Å². The van der Waals surface area contributed by atoms with Gasteiger partial charge in [-0.1, -0.05) is 0 Å². The van der Waals surface area contributed by atoms with Crippen molar-refractivity contribution in [3.8, 4) is 11.5 Å². The molecular formula is C21H21NO4S. The number of benzene rings is 2. The average Bonchev–Trinajstić information content (AvgIpc) is 2.98. The van der Waals surface area contributed by atoms with Gasteiger partial charge in [-0.2, -0.15) is 0 Å². The van der Waals surface area contributed by atoms with Crippen LogP contribution in [0.1, 0.15) is 29.6 Å². The van der Waals surface area contributed by atoms with Crippen molar-refractivity contribution in [2.45, 2.75) is 24.2 Å². The van der Waals surface area contributed by atoms with E-state index in [2.05, 4.69) is 0 Å². The van der Waals surface area contributed by atoms with Gasteiger partial charge in [0.25, 0.3) is 0 Å². The Hall–Kier alpha value is -2.47. The zero-order chi connectivity index (χ0) is 18.6. The lowest BCUT2D eigenvalue weighted by atomic mass is 10.1. The standard InChI is InChI=1S/C21H21NO4S/c23-18(15-4-6-16(7-5-15)22-10-1-3-21(22)24)14-27-17-8-9-19-20(13-17)26-12-2-11-25-19/h4-9,13H,1-3,10-12,14H2. The molecule has 0 atom stereocenters. The number of Topliss-reactive ketones (excluding diaryl/α,β-unsaturated/α-hetero) is 1. The molecule has 0 bridgehead atoms. The fourth-order valence-electron chi connectivity index (χ4n) is 3.21. The van der Waals surface area contributed by atoms with Crippen molar-refractivity contribution >= 4 is 29.1 Å². The van der Waals surface area contributed by atoms with Crippen LogP contribution in [0.2, 0.25) is 0 Å². The van der Waals surface area contributed by atoms with Gasteiger partial charge < -0.3 is 14.4 Å². The van der Waals surface area contributed by atoms with Crippen LogP contribution in [0.4, 0.5) is 5.69 Å². The zero-order valence-corrected chi connectivity index (χ0v) is 15.8. The third-order valence-corrected chi connectivity index (χ3v) is 5.66. The molecule has 0 spiro atoms. The Morgan fingerprint density at radius 1 is 1.00 bits per heavy atom. The van der Waals surface area contributed by atoms with Crippen molar-refractivity contribution < 1.29 is 19.1 Å². The van der Waals surface area contributed by atoms with E-state index in [1.54, 1.807) is 17.0 Å². The summed E-state index contributed by atoms with van der Waals surface area (Å²) in [5, 5.41) is 0. The number of fused-ring (bicyclic) bond motifs is 1. The van der Waals surface area contributed by atoms with Gasteiger partial charge in [0.15, 0.2) is 17.3 Å². The van der Waals surface area contributed by atoms with Gasteiger partial charge in [-0.25, -0.2) is 0 Å². The first-order valence-corrected chi connectivity index (χ1v) is 10.2. The molecular weight excluding hydrogens is 362 g/mol. The van der Waals surface area contributed by atoms with Gasteiger partial charge in [-0.05, 0) is 48.9 Å². The van der Waals surface area contributed by atoms with Crippen LogP contribution >= 0.6 is 11.8 Å². The summed E-state index contributed by atoms with van der Waals surface area (Å²) in [5.74, 6) is 2.06. The second kappa shape index (κ2) is 8.05. The van der Waals surface area contributed by atoms with E-state index in [4.69, 9.17) is 9.47 Å². The molecule has 0 unspecified atom stereocenters. The third kappa shape index (κ3) is 4.11. The lowest BCUT2D eigenvalue weighted by Gasteiger charge is -2.15. The summed E-state index contributed by atoms with van der Waals surface area (Å²) in [6.45, 7) is 2.06. The molecule has 140 valence electrons. The number of ketones is 1. The predicted octanol–water partition coefficient (Wildman–Crippen LogP) is 3.95. The fourth-order valence-corrected chi connectivity index (χ4v) is 4.03. The van der Waals surface area contributed by atoms with Gasteiger partial charge in [0.2, 0.25) is 5.91 Å². The molecule has 0 saturated carbocycles. The Kier molecular flexibility index (Phi) is 5.34. The van der Waals surface area contributed by atoms with Crippen LogP contribution in [0.3, 0.4) is 0 Å². The van der Waals surface area contributed by atoms with Crippen molar-refractivity contribution in [2.24, 2.45) is 0 Å². The molecule has 1 saturated heterocycles. The van der Waals surface area contributed by atoms with Gasteiger partial charge in [0, 0.05) is 35.5 Å². The highest BCUT2D eigenvalue weighted by molar-refractivity contribution is 8.00. The van der Waals surface area contributed by atoms with Crippen LogP contribution in [0.15, 0.2) is 47.4 Å². The monoisotopic (exact) mass is 383 g/mol. The maximum atomic E-state index is 12.5. The van der Waals surface area contributed by atoms with Crippen molar-refractivity contribution in [2.75, 3.05) is 30.4 Å². The summed E-state index contributed by atoms with van der Waals surface area (Å²) < 4.78 is 11.3. The summed E-state index contributed by atoms with van der Waals surface area (Å²) in [6.07, 6.45) is 2.37. The van der Waals surface area contributed by atoms with Gasteiger partial charge >= 0.3 is 0 Å². The molecule has 4 rings (SSSR count). The number of rotatable bonds is 5. The van der Waals surface area contributed by atoms with Crippen molar-refractivity contribution in [3.63, 3.8) is 0 Å². The highest BCUT2D eigenvalue weighted by Gasteiger charge is 2.21. The normalized spacial score (nSPS) is 16.3. The lowest BCUT2D eigenvalue weighted by molar-refractivity contribution is -0.117. The molecule has 2 aliphatic heterocycles. The molecule has 0 radical (unpaired) electrons. The Labute approximate surface area is 162 Å². The SMILES string of the molecule is O=C(CSc1ccc2c(c1)OCCCO2)c1ccc(N2CCCC2=O)cc1. The summed E-state index contributed by atoms with van der Waals surface area (Å²) in [4.78, 5) is 27.1. The van der Waals surface area contributed by atoms with Gasteiger partial charge in [0.05, 0.1) is 19.0 Å². The summed E-state index contributed by atoms with van der Waals surface area (Å²) in [6, 6.07) is 13.1. The molecule has 1 amide bonds. The van der Waals surface area contributed by atoms with E-state index in [0.717, 1.165) is 41.5 Å². The summed E-state index contributed by atoms with van der Waals surface area (Å²) in [5.41, 5.74) is 1.52. The Bertz CT molecular complexity index is 850. The summed E-state index contributed by atoms with van der Waals surface area (Å²) in [7, 11) is 0. The number of hydrogen-bond donors (Lipinski definition) is 0. The zero-order valence-electron chi connectivity index (χ0n) is 15.0. The van der Waals surface area contributed by atoms with Crippen LogP contribution < -0.4 is 14.4 Å². The van der Waals surface area contributed by atoms with Crippen LogP contribution in [0.25, 0.3) is 0 Å². The largest absolute Gasteiger partial charge is 0.490 e. The molecule has 6 heteroatoms. The smallest absolute Gasteiger partial charge is 0.227 e. The minimum atomic E-state index is 0.0615. The van der Waals surface area contributed by atoms with E-state index in [-0.39, 0.29) is 11.7 Å². The fraction of sp³-hybridized carbons (Fsp3) is 0.333. The van der Waals surface area contributed by atoms with Crippen LogP contribution in [-0.4, -0.2) is 37.2 Å². The molecule has 0 aromatic heterocycles. The molecule has 2 aliphatic rings. The van der Waals surface area contributed by atoms with Crippen LogP contribution in [0, 0.1) is 0 Å². The predicted molar refractivity (Wildman–Crippen MR) is 105 cm³/mol. The van der Waals surface area contributed by atoms with Crippen molar-refractivity contribution in [1.29, 1.82) is 0 Å². The molecule has 2 heterocycles. The van der Waals surface area contributed by atoms with E-state index < -0.39 is 0 Å². The number of carbonyl (C=O) groups excluding carboxylic acids is 2. The number of nitrogens with zero attached hydrogens (tertiary/aromatic N) is 1. The number of anilines is 1. The second-order valence-corrected chi connectivity index (χ2v) is 7.62. The van der Waals surface area contributed by atoms with Crippen LogP contribution in [-0.2, 0) is 4.79 Å². The number of carbonyl (C=O) groups is 2. The van der Waals surface area contributed by atoms with Gasteiger partial charge in [-0.3, -0.25) is 9.59 Å². The number of amides is 1. The maximum absolute atomic E-state index is 12.5. The second-order valence-electron chi connectivity index (χ2n) is 6.57. The van der Waals surface area contributed by atoms with Crippen molar-refractivity contribution in [3.05, 3.63) is 48.0 Å². The molecule has 5 nitrogen and oxygen atoms in total. The highest BCUT2D eigenvalue weighted by atomic mass is 32.2. The third-order valence-electron chi connectivity index (χ3n) is 4.66. The van der Waals surface area contributed by atoms with E-state index in [1.165, 1.54) is 11.8 Å². The molecule has 0 N–H and O–H groups in total. The van der Waals surface area contributed by atoms with Crippen molar-refractivity contribution in [1.82, 2.24) is 0 Å².